The maximum atomic E-state index is 5.46. The Morgan fingerprint density at radius 1 is 1.37 bits per heavy atom. The van der Waals surface area contributed by atoms with Crippen molar-refractivity contribution in [2.75, 3.05) is 32.8 Å². The number of hydrogen-bond acceptors (Lipinski definition) is 4. The number of hydrogen-bond donors (Lipinski definition) is 1. The molecule has 0 aromatic carbocycles. The molecule has 0 spiro atoms. The molecule has 4 heteroatoms. The first-order valence-electron chi connectivity index (χ1n) is 7.29. The summed E-state index contributed by atoms with van der Waals surface area (Å²) in [6.07, 6.45) is 1.26. The Morgan fingerprint density at radius 3 is 2.79 bits per heavy atom. The lowest BCUT2D eigenvalue weighted by atomic mass is 10.0. The highest BCUT2D eigenvalue weighted by atomic mass is 32.1. The lowest BCUT2D eigenvalue weighted by Gasteiger charge is -2.35. The van der Waals surface area contributed by atoms with Gasteiger partial charge in [0, 0.05) is 32.2 Å². The normalized spacial score (nSPS) is 18.9. The molecule has 19 heavy (non-hydrogen) atoms. The van der Waals surface area contributed by atoms with Gasteiger partial charge >= 0.3 is 0 Å². The average Bonchev–Trinajstić information content (AvgIpc) is 2.91. The predicted molar refractivity (Wildman–Crippen MR) is 81.7 cm³/mol. The summed E-state index contributed by atoms with van der Waals surface area (Å²) in [7, 11) is 0. The maximum absolute atomic E-state index is 5.46. The van der Waals surface area contributed by atoms with Gasteiger partial charge < -0.3 is 10.1 Å². The Balaban J connectivity index is 1.79. The molecule has 1 unspecified atom stereocenters. The van der Waals surface area contributed by atoms with Crippen LogP contribution in [0.15, 0.2) is 16.8 Å². The number of thiophene rings is 1. The van der Waals surface area contributed by atoms with Crippen LogP contribution in [0.1, 0.15) is 25.8 Å². The van der Waals surface area contributed by atoms with Gasteiger partial charge in [0.2, 0.25) is 0 Å². The summed E-state index contributed by atoms with van der Waals surface area (Å²) in [5.74, 6) is 0.746. The highest BCUT2D eigenvalue weighted by molar-refractivity contribution is 7.07. The molecule has 3 nitrogen and oxygen atoms in total. The van der Waals surface area contributed by atoms with Crippen LogP contribution in [0, 0.1) is 5.92 Å². The summed E-state index contributed by atoms with van der Waals surface area (Å²) in [6.45, 7) is 10.6. The molecule has 1 N–H and O–H groups in total. The van der Waals surface area contributed by atoms with Crippen molar-refractivity contribution < 1.29 is 4.74 Å². The van der Waals surface area contributed by atoms with E-state index in [1.807, 2.05) is 0 Å². The van der Waals surface area contributed by atoms with Crippen molar-refractivity contribution in [3.63, 3.8) is 0 Å². The first-order chi connectivity index (χ1) is 9.25. The zero-order chi connectivity index (χ0) is 13.5. The van der Waals surface area contributed by atoms with E-state index < -0.39 is 0 Å². The van der Waals surface area contributed by atoms with Crippen LogP contribution in [0.2, 0.25) is 0 Å². The second-order valence-corrected chi connectivity index (χ2v) is 6.47. The van der Waals surface area contributed by atoms with Crippen LogP contribution < -0.4 is 5.32 Å². The van der Waals surface area contributed by atoms with E-state index in [4.69, 9.17) is 4.74 Å². The lowest BCUT2D eigenvalue weighted by molar-refractivity contribution is 0.0123. The minimum Gasteiger partial charge on any atom is -0.379 e. The monoisotopic (exact) mass is 282 g/mol. The Bertz CT molecular complexity index is 334. The molecule has 1 saturated heterocycles. The SMILES string of the molecule is CC(C)CC(CNCc1ccsc1)N1CCOCC1. The number of ether oxygens (including phenoxy) is 1. The largest absolute Gasteiger partial charge is 0.379 e. The van der Waals surface area contributed by atoms with Gasteiger partial charge in [-0.25, -0.2) is 0 Å². The zero-order valence-electron chi connectivity index (χ0n) is 12.1. The van der Waals surface area contributed by atoms with Crippen molar-refractivity contribution in [1.29, 1.82) is 0 Å². The van der Waals surface area contributed by atoms with E-state index >= 15 is 0 Å². The van der Waals surface area contributed by atoms with Crippen LogP contribution in [0.3, 0.4) is 0 Å². The van der Waals surface area contributed by atoms with Gasteiger partial charge in [-0.1, -0.05) is 13.8 Å². The van der Waals surface area contributed by atoms with Gasteiger partial charge in [-0.2, -0.15) is 11.3 Å². The van der Waals surface area contributed by atoms with Crippen molar-refractivity contribution in [2.45, 2.75) is 32.9 Å². The summed E-state index contributed by atoms with van der Waals surface area (Å²) < 4.78 is 5.46. The van der Waals surface area contributed by atoms with Crippen molar-refractivity contribution in [3.8, 4) is 0 Å². The van der Waals surface area contributed by atoms with Crippen molar-refractivity contribution in [1.82, 2.24) is 10.2 Å². The third kappa shape index (κ3) is 5.22. The third-order valence-electron chi connectivity index (χ3n) is 3.59. The number of nitrogens with zero attached hydrogens (tertiary/aromatic N) is 1. The van der Waals surface area contributed by atoms with Gasteiger partial charge in [0.25, 0.3) is 0 Å². The van der Waals surface area contributed by atoms with Gasteiger partial charge in [0.1, 0.15) is 0 Å². The first kappa shape index (κ1) is 15.0. The Labute approximate surface area is 121 Å². The summed E-state index contributed by atoms with van der Waals surface area (Å²) in [5.41, 5.74) is 1.40. The van der Waals surface area contributed by atoms with Crippen molar-refractivity contribution >= 4 is 11.3 Å². The van der Waals surface area contributed by atoms with E-state index in [1.54, 1.807) is 11.3 Å². The Hall–Kier alpha value is -0.420. The minimum absolute atomic E-state index is 0.641. The van der Waals surface area contributed by atoms with Crippen LogP contribution in [-0.4, -0.2) is 43.8 Å². The van der Waals surface area contributed by atoms with Gasteiger partial charge in [-0.05, 0) is 34.7 Å². The van der Waals surface area contributed by atoms with Crippen LogP contribution in [0.4, 0.5) is 0 Å². The molecule has 1 fully saturated rings. The van der Waals surface area contributed by atoms with Crippen LogP contribution >= 0.6 is 11.3 Å². The number of morpholine rings is 1. The number of nitrogens with one attached hydrogen (secondary N) is 1. The molecule has 2 heterocycles. The predicted octanol–water partition coefficient (Wildman–Crippen LogP) is 2.58. The molecule has 0 saturated carbocycles. The smallest absolute Gasteiger partial charge is 0.0594 e. The minimum atomic E-state index is 0.641. The van der Waals surface area contributed by atoms with E-state index in [2.05, 4.69) is 40.9 Å². The average molecular weight is 282 g/mol. The molecule has 2 rings (SSSR count). The molecule has 1 aliphatic rings. The molecule has 0 amide bonds. The summed E-state index contributed by atoms with van der Waals surface area (Å²) in [4.78, 5) is 2.59. The molecule has 1 atom stereocenters. The summed E-state index contributed by atoms with van der Waals surface area (Å²) >= 11 is 1.77. The number of rotatable bonds is 7. The molecule has 1 aromatic rings. The Kier molecular flexibility index (Phi) is 6.31. The molecule has 0 aliphatic carbocycles. The maximum Gasteiger partial charge on any atom is 0.0594 e. The second kappa shape index (κ2) is 8.00. The fourth-order valence-electron chi connectivity index (χ4n) is 2.62. The van der Waals surface area contributed by atoms with E-state index in [0.29, 0.717) is 6.04 Å². The molecule has 1 aromatic heterocycles. The fourth-order valence-corrected chi connectivity index (χ4v) is 3.29. The van der Waals surface area contributed by atoms with Crippen LogP contribution in [-0.2, 0) is 11.3 Å². The van der Waals surface area contributed by atoms with Crippen LogP contribution in [0.5, 0.6) is 0 Å². The quantitative estimate of drug-likeness (QED) is 0.832. The van der Waals surface area contributed by atoms with Crippen molar-refractivity contribution in [2.24, 2.45) is 5.92 Å². The van der Waals surface area contributed by atoms with Crippen LogP contribution in [0.25, 0.3) is 0 Å². The third-order valence-corrected chi connectivity index (χ3v) is 4.33. The van der Waals surface area contributed by atoms with Gasteiger partial charge in [-0.3, -0.25) is 4.90 Å². The van der Waals surface area contributed by atoms with Gasteiger partial charge in [0.15, 0.2) is 0 Å². The zero-order valence-corrected chi connectivity index (χ0v) is 12.9. The molecule has 0 radical (unpaired) electrons. The van der Waals surface area contributed by atoms with Gasteiger partial charge in [-0.15, -0.1) is 0 Å². The standard InChI is InChI=1S/C15H26N2OS/c1-13(2)9-15(17-4-6-18-7-5-17)11-16-10-14-3-8-19-12-14/h3,8,12-13,15-16H,4-7,9-11H2,1-2H3. The van der Waals surface area contributed by atoms with Gasteiger partial charge in [0.05, 0.1) is 13.2 Å². The summed E-state index contributed by atoms with van der Waals surface area (Å²) in [5, 5.41) is 7.98. The van der Waals surface area contributed by atoms with Crippen molar-refractivity contribution in [3.05, 3.63) is 22.4 Å². The fraction of sp³-hybridized carbons (Fsp3) is 0.733. The molecule has 0 bridgehead atoms. The highest BCUT2D eigenvalue weighted by Crippen LogP contribution is 2.13. The summed E-state index contributed by atoms with van der Waals surface area (Å²) in [6, 6.07) is 2.84. The lowest BCUT2D eigenvalue weighted by Crippen LogP contribution is -2.48. The molecular formula is C15H26N2OS. The topological polar surface area (TPSA) is 24.5 Å². The Morgan fingerprint density at radius 2 is 2.16 bits per heavy atom. The van der Waals surface area contributed by atoms with E-state index in [0.717, 1.165) is 45.3 Å². The molecular weight excluding hydrogens is 256 g/mol. The highest BCUT2D eigenvalue weighted by Gasteiger charge is 2.21. The second-order valence-electron chi connectivity index (χ2n) is 5.69. The first-order valence-corrected chi connectivity index (χ1v) is 8.23. The van der Waals surface area contributed by atoms with E-state index in [9.17, 15) is 0 Å². The van der Waals surface area contributed by atoms with E-state index in [1.165, 1.54) is 12.0 Å². The molecule has 1 aliphatic heterocycles. The van der Waals surface area contributed by atoms with E-state index in [-0.39, 0.29) is 0 Å². The molecule has 108 valence electrons.